The number of urea groups is 1. The number of nitrogens with one attached hydrogen (secondary N) is 2. The van der Waals surface area contributed by atoms with Crippen LogP contribution in [0.1, 0.15) is 70.1 Å². The first-order chi connectivity index (χ1) is 27.0. The number of allylic oxidation sites excluding steroid dienone is 2. The van der Waals surface area contributed by atoms with E-state index in [1.54, 1.807) is 13.3 Å². The van der Waals surface area contributed by atoms with Crippen LogP contribution in [0.4, 0.5) is 4.79 Å². The average molecular weight is 786 g/mol. The van der Waals surface area contributed by atoms with Gasteiger partial charge in [0.1, 0.15) is 12.1 Å². The predicted octanol–water partition coefficient (Wildman–Crippen LogP) is 5.77. The molecular weight excluding hydrogens is 731 g/mol. The molecule has 2 aromatic heterocycles. The Morgan fingerprint density at radius 2 is 2.11 bits per heavy atom. The third kappa shape index (κ3) is 7.80. The predicted molar refractivity (Wildman–Crippen MR) is 218 cm³/mol. The number of cyclic esters (lactones) is 1. The highest BCUT2D eigenvalue weighted by molar-refractivity contribution is 7.10. The molecule has 56 heavy (non-hydrogen) atoms. The molecule has 0 aliphatic carbocycles. The second-order valence-electron chi connectivity index (χ2n) is 16.0. The molecule has 0 spiro atoms. The Labute approximate surface area is 333 Å². The standard InChI is InChI=1S/C42H55N7O6S/c1-8-28(37(43-9-2)25(4)53-7)38-30-20-42(5,6)24-55-40(51)31-12-11-16-49(46-31)39(50)32(45-41(52)48-21-27-22-54-17-15-34(27)48)19-36-44-33(23-56-36)26-13-14-35(29(30)18-26)47(38)10-3/h8-9,13-14,18,23,25,27,31-32,34,46H,1,10-12,15-17,19-22,24H2,2-7H3,(H,45,52)/b37-28+,43-9?/t25-,27+,31-,32-,34-/m0/s1. The number of aromatic nitrogens is 2. The van der Waals surface area contributed by atoms with E-state index < -0.39 is 23.5 Å². The van der Waals surface area contributed by atoms with Gasteiger partial charge in [0.15, 0.2) is 0 Å². The number of carbonyl (C=O) groups excluding carboxylic acids is 3. The number of aryl methyl sites for hydroxylation is 1. The minimum absolute atomic E-state index is 0.108. The number of thiazole rings is 1. The van der Waals surface area contributed by atoms with E-state index in [0.29, 0.717) is 58.0 Å². The highest BCUT2D eigenvalue weighted by atomic mass is 32.1. The number of benzene rings is 1. The van der Waals surface area contributed by atoms with Crippen LogP contribution in [0.15, 0.2) is 46.9 Å². The molecule has 3 saturated heterocycles. The number of aliphatic imine (C=N–C) groups is 1. The molecule has 4 aliphatic rings. The largest absolute Gasteiger partial charge is 0.464 e. The molecule has 300 valence electrons. The summed E-state index contributed by atoms with van der Waals surface area (Å²) >= 11 is 1.47. The van der Waals surface area contributed by atoms with Crippen molar-refractivity contribution in [2.75, 3.05) is 40.0 Å². The summed E-state index contributed by atoms with van der Waals surface area (Å²) in [5.74, 6) is -0.397. The number of hydrogen-bond donors (Lipinski definition) is 2. The van der Waals surface area contributed by atoms with Gasteiger partial charge in [0.05, 0.1) is 41.4 Å². The molecule has 13 nitrogen and oxygen atoms in total. The summed E-state index contributed by atoms with van der Waals surface area (Å²) in [5.41, 5.74) is 9.22. The molecular formula is C42H55N7O6S. The van der Waals surface area contributed by atoms with Crippen molar-refractivity contribution in [2.45, 2.75) is 97.5 Å². The summed E-state index contributed by atoms with van der Waals surface area (Å²) in [4.78, 5) is 53.3. The van der Waals surface area contributed by atoms with Crippen LogP contribution in [0.2, 0.25) is 0 Å². The number of fused-ring (bicyclic) bond motifs is 7. The number of hydrazine groups is 1. The number of rotatable bonds is 7. The van der Waals surface area contributed by atoms with Gasteiger partial charge in [-0.25, -0.2) is 15.2 Å². The second-order valence-corrected chi connectivity index (χ2v) is 17.0. The lowest BCUT2D eigenvalue weighted by molar-refractivity contribution is -0.155. The first-order valence-corrected chi connectivity index (χ1v) is 20.7. The molecule has 3 fully saturated rings. The van der Waals surface area contributed by atoms with Crippen LogP contribution in [0.3, 0.4) is 0 Å². The molecule has 1 aromatic carbocycles. The second kappa shape index (κ2) is 16.6. The third-order valence-corrected chi connectivity index (χ3v) is 12.4. The SMILES string of the molecule is C=C/C(=C(\N=CC)[C@H](C)OC)c1c2c3cc(ccc3n1CC)-c1csc(n1)C[C@H](NC(=O)N1C[C@@H]3COCC[C@@H]31)C(=O)N1CCC[C@H](N1)C(=O)OCC(C)(C)C2. The van der Waals surface area contributed by atoms with Crippen molar-refractivity contribution in [2.24, 2.45) is 16.3 Å². The fourth-order valence-corrected chi connectivity index (χ4v) is 9.41. The Kier molecular flexibility index (Phi) is 11.8. The Morgan fingerprint density at radius 3 is 2.84 bits per heavy atom. The maximum absolute atomic E-state index is 14.3. The van der Waals surface area contributed by atoms with Gasteiger partial charge in [-0.3, -0.25) is 19.6 Å². The molecule has 6 bridgehead atoms. The van der Waals surface area contributed by atoms with Crippen molar-refractivity contribution >= 4 is 51.9 Å². The summed E-state index contributed by atoms with van der Waals surface area (Å²) in [5, 5.41) is 8.34. The van der Waals surface area contributed by atoms with Gasteiger partial charge in [0.2, 0.25) is 0 Å². The van der Waals surface area contributed by atoms with Crippen LogP contribution in [-0.2, 0) is 43.2 Å². The van der Waals surface area contributed by atoms with Gasteiger partial charge in [-0.15, -0.1) is 11.3 Å². The number of hydrogen-bond acceptors (Lipinski definition) is 10. The topological polar surface area (TPSA) is 140 Å². The van der Waals surface area contributed by atoms with Gasteiger partial charge < -0.3 is 29.0 Å². The van der Waals surface area contributed by atoms with Gasteiger partial charge >= 0.3 is 12.0 Å². The Balaban J connectivity index is 1.32. The summed E-state index contributed by atoms with van der Waals surface area (Å²) in [6, 6.07) is 4.65. The molecule has 4 aliphatic heterocycles. The summed E-state index contributed by atoms with van der Waals surface area (Å²) in [6.45, 7) is 17.6. The quantitative estimate of drug-likeness (QED) is 0.175. The van der Waals surface area contributed by atoms with Gasteiger partial charge in [-0.05, 0) is 64.2 Å². The monoisotopic (exact) mass is 785 g/mol. The smallest absolute Gasteiger partial charge is 0.324 e. The lowest BCUT2D eigenvalue weighted by atomic mass is 9.84. The van der Waals surface area contributed by atoms with Crippen LogP contribution in [0.25, 0.3) is 27.7 Å². The van der Waals surface area contributed by atoms with E-state index in [9.17, 15) is 14.4 Å². The zero-order chi connectivity index (χ0) is 39.7. The van der Waals surface area contributed by atoms with Crippen LogP contribution in [0.5, 0.6) is 0 Å². The van der Waals surface area contributed by atoms with E-state index in [1.165, 1.54) is 16.3 Å². The van der Waals surface area contributed by atoms with Crippen molar-refractivity contribution < 1.29 is 28.6 Å². The number of ether oxygens (including phenoxy) is 3. The molecule has 2 N–H and O–H groups in total. The summed E-state index contributed by atoms with van der Waals surface area (Å²) < 4.78 is 19.8. The zero-order valence-electron chi connectivity index (χ0n) is 33.4. The fourth-order valence-electron chi connectivity index (χ4n) is 8.56. The van der Waals surface area contributed by atoms with E-state index >= 15 is 0 Å². The van der Waals surface area contributed by atoms with Gasteiger partial charge in [0, 0.05) is 90.8 Å². The summed E-state index contributed by atoms with van der Waals surface area (Å²) in [7, 11) is 1.68. The zero-order valence-corrected chi connectivity index (χ0v) is 34.2. The minimum atomic E-state index is -0.894. The molecule has 0 radical (unpaired) electrons. The highest BCUT2D eigenvalue weighted by Crippen LogP contribution is 2.40. The number of likely N-dealkylation sites (tertiary alicyclic amines) is 1. The van der Waals surface area contributed by atoms with Crippen LogP contribution in [0, 0.1) is 11.3 Å². The first-order valence-electron chi connectivity index (χ1n) is 19.8. The van der Waals surface area contributed by atoms with Crippen molar-refractivity contribution in [3.8, 4) is 11.3 Å². The average Bonchev–Trinajstić information content (AvgIpc) is 3.78. The molecule has 7 rings (SSSR count). The highest BCUT2D eigenvalue weighted by Gasteiger charge is 2.45. The first kappa shape index (κ1) is 39.8. The normalized spacial score (nSPS) is 25.2. The van der Waals surface area contributed by atoms with Crippen molar-refractivity contribution in [3.05, 3.63) is 58.2 Å². The maximum Gasteiger partial charge on any atom is 0.324 e. The Morgan fingerprint density at radius 1 is 1.29 bits per heavy atom. The Bertz CT molecular complexity index is 2050. The molecule has 0 saturated carbocycles. The number of esters is 1. The van der Waals surface area contributed by atoms with E-state index in [4.69, 9.17) is 24.2 Å². The molecule has 6 heterocycles. The molecule has 0 unspecified atom stereocenters. The van der Waals surface area contributed by atoms with E-state index in [1.807, 2.05) is 30.2 Å². The lowest BCUT2D eigenvalue weighted by Gasteiger charge is -2.50. The number of amides is 3. The number of carbonyl (C=O) groups is 3. The van der Waals surface area contributed by atoms with E-state index in [0.717, 1.165) is 56.1 Å². The fraction of sp³-hybridized carbons (Fsp3) is 0.548. The van der Waals surface area contributed by atoms with Gasteiger partial charge in [-0.2, -0.15) is 0 Å². The molecule has 3 aromatic rings. The molecule has 5 atom stereocenters. The lowest BCUT2D eigenvalue weighted by Crippen LogP contribution is -2.67. The van der Waals surface area contributed by atoms with E-state index in [-0.39, 0.29) is 37.1 Å². The van der Waals surface area contributed by atoms with Crippen LogP contribution in [-0.4, -0.2) is 108 Å². The van der Waals surface area contributed by atoms with Crippen LogP contribution < -0.4 is 10.7 Å². The number of methoxy groups -OCH3 is 1. The van der Waals surface area contributed by atoms with Gasteiger partial charge in [-0.1, -0.05) is 32.6 Å². The maximum atomic E-state index is 14.3. The van der Waals surface area contributed by atoms with Crippen molar-refractivity contribution in [1.29, 1.82) is 0 Å². The van der Waals surface area contributed by atoms with Crippen molar-refractivity contribution in [3.63, 3.8) is 0 Å². The van der Waals surface area contributed by atoms with Crippen molar-refractivity contribution in [1.82, 2.24) is 30.2 Å². The van der Waals surface area contributed by atoms with Crippen LogP contribution >= 0.6 is 11.3 Å². The minimum Gasteiger partial charge on any atom is -0.464 e. The van der Waals surface area contributed by atoms with E-state index in [2.05, 4.69) is 60.9 Å². The van der Waals surface area contributed by atoms with Gasteiger partial charge in [0.25, 0.3) is 5.91 Å². The Hall–Kier alpha value is -4.37. The summed E-state index contributed by atoms with van der Waals surface area (Å²) in [6.07, 6.45) is 6.05. The third-order valence-electron chi connectivity index (χ3n) is 11.6. The molecule has 14 heteroatoms. The molecule has 3 amide bonds. The number of nitrogens with zero attached hydrogens (tertiary/aromatic N) is 5.